The summed E-state index contributed by atoms with van der Waals surface area (Å²) < 4.78 is 4.83. The zero-order valence-corrected chi connectivity index (χ0v) is 9.80. The van der Waals surface area contributed by atoms with Gasteiger partial charge in [-0.25, -0.2) is 4.79 Å². The van der Waals surface area contributed by atoms with E-state index in [9.17, 15) is 9.59 Å². The fourth-order valence-electron chi connectivity index (χ4n) is 1.76. The van der Waals surface area contributed by atoms with E-state index in [1.165, 1.54) is 0 Å². The highest BCUT2D eigenvalue weighted by Gasteiger charge is 2.20. The van der Waals surface area contributed by atoms with Gasteiger partial charge in [0.15, 0.2) is 0 Å². The van der Waals surface area contributed by atoms with E-state index in [1.54, 1.807) is 4.90 Å². The minimum Gasteiger partial charge on any atom is -0.447 e. The molecule has 0 bridgehead atoms. The molecule has 98 valence electrons. The van der Waals surface area contributed by atoms with Crippen LogP contribution in [-0.2, 0) is 9.53 Å². The highest BCUT2D eigenvalue weighted by Crippen LogP contribution is 2.04. The van der Waals surface area contributed by atoms with Crippen LogP contribution in [0, 0.1) is 0 Å². The molecule has 2 amide bonds. The molecule has 0 saturated carbocycles. The number of nitrogens with two attached hydrogens (primary N) is 1. The summed E-state index contributed by atoms with van der Waals surface area (Å²) in [6, 6.07) is 0. The summed E-state index contributed by atoms with van der Waals surface area (Å²) in [6.07, 6.45) is 0.363. The number of carbonyl (C=O) groups is 2. The number of ether oxygens (including phenoxy) is 1. The molecule has 1 aliphatic heterocycles. The summed E-state index contributed by atoms with van der Waals surface area (Å²) in [5.74, 6) is -0.360. The Bertz CT molecular complexity index is 272. The molecule has 17 heavy (non-hydrogen) atoms. The fourth-order valence-corrected chi connectivity index (χ4v) is 1.76. The van der Waals surface area contributed by atoms with Gasteiger partial charge in [0.25, 0.3) is 0 Å². The third-order valence-corrected chi connectivity index (χ3v) is 2.54. The van der Waals surface area contributed by atoms with Crippen LogP contribution in [0.15, 0.2) is 0 Å². The van der Waals surface area contributed by atoms with E-state index in [0.717, 1.165) is 13.0 Å². The van der Waals surface area contributed by atoms with Crippen molar-refractivity contribution < 1.29 is 19.4 Å². The quantitative estimate of drug-likeness (QED) is 0.635. The smallest absolute Gasteiger partial charge is 0.409 e. The van der Waals surface area contributed by atoms with E-state index in [0.29, 0.717) is 19.6 Å². The number of aliphatic hydroxyl groups excluding tert-OH is 1. The molecule has 0 aromatic rings. The third-order valence-electron chi connectivity index (χ3n) is 2.54. The van der Waals surface area contributed by atoms with Crippen LogP contribution < -0.4 is 5.73 Å². The molecular weight excluding hydrogens is 226 g/mol. The first-order valence-electron chi connectivity index (χ1n) is 5.66. The second-order valence-corrected chi connectivity index (χ2v) is 3.92. The number of aliphatic hydroxyl groups is 1. The van der Waals surface area contributed by atoms with Gasteiger partial charge in [0, 0.05) is 26.2 Å². The Morgan fingerprint density at radius 2 is 2.00 bits per heavy atom. The monoisotopic (exact) mass is 245 g/mol. The number of carbonyl (C=O) groups excluding carboxylic acids is 2. The zero-order chi connectivity index (χ0) is 12.7. The van der Waals surface area contributed by atoms with Crippen LogP contribution in [0.1, 0.15) is 6.42 Å². The average molecular weight is 245 g/mol. The van der Waals surface area contributed by atoms with E-state index in [-0.39, 0.29) is 25.7 Å². The van der Waals surface area contributed by atoms with Crippen LogP contribution in [0.5, 0.6) is 0 Å². The van der Waals surface area contributed by atoms with Gasteiger partial charge >= 0.3 is 6.09 Å². The maximum Gasteiger partial charge on any atom is 0.409 e. The van der Waals surface area contributed by atoms with Crippen LogP contribution >= 0.6 is 0 Å². The molecule has 1 saturated heterocycles. The number of hydrogen-bond donors (Lipinski definition) is 2. The first-order valence-corrected chi connectivity index (χ1v) is 5.66. The first-order chi connectivity index (χ1) is 8.13. The lowest BCUT2D eigenvalue weighted by atomic mass is 10.4. The van der Waals surface area contributed by atoms with Gasteiger partial charge in [-0.05, 0) is 6.42 Å². The van der Waals surface area contributed by atoms with Crippen LogP contribution in [0.3, 0.4) is 0 Å². The first kappa shape index (κ1) is 13.7. The molecule has 0 radical (unpaired) electrons. The van der Waals surface area contributed by atoms with Crippen molar-refractivity contribution in [3.8, 4) is 0 Å². The summed E-state index contributed by atoms with van der Waals surface area (Å²) >= 11 is 0. The molecule has 7 nitrogen and oxygen atoms in total. The molecule has 0 unspecified atom stereocenters. The summed E-state index contributed by atoms with van der Waals surface area (Å²) in [6.45, 7) is 2.52. The normalized spacial score (nSPS) is 17.6. The van der Waals surface area contributed by atoms with Gasteiger partial charge in [0.05, 0.1) is 13.2 Å². The van der Waals surface area contributed by atoms with Crippen molar-refractivity contribution in [1.82, 2.24) is 9.80 Å². The average Bonchev–Trinajstić information content (AvgIpc) is 2.51. The second-order valence-electron chi connectivity index (χ2n) is 3.92. The predicted molar refractivity (Wildman–Crippen MR) is 60.3 cm³/mol. The van der Waals surface area contributed by atoms with E-state index in [1.807, 2.05) is 4.90 Å². The number of amides is 2. The Kier molecular flexibility index (Phi) is 5.71. The van der Waals surface area contributed by atoms with Gasteiger partial charge in [0.1, 0.15) is 6.61 Å². The molecule has 0 atom stereocenters. The van der Waals surface area contributed by atoms with Crippen molar-refractivity contribution in [3.05, 3.63) is 0 Å². The van der Waals surface area contributed by atoms with Gasteiger partial charge in [-0.15, -0.1) is 0 Å². The van der Waals surface area contributed by atoms with Crippen molar-refractivity contribution in [2.45, 2.75) is 6.42 Å². The van der Waals surface area contributed by atoms with Crippen LogP contribution in [0.4, 0.5) is 4.79 Å². The molecule has 3 N–H and O–H groups in total. The van der Waals surface area contributed by atoms with Crippen LogP contribution in [0.25, 0.3) is 0 Å². The van der Waals surface area contributed by atoms with Crippen LogP contribution in [-0.4, -0.2) is 72.8 Å². The summed E-state index contributed by atoms with van der Waals surface area (Å²) in [7, 11) is 0. The molecule has 1 heterocycles. The Morgan fingerprint density at radius 3 is 2.65 bits per heavy atom. The van der Waals surface area contributed by atoms with Gasteiger partial charge in [-0.1, -0.05) is 0 Å². The number of nitrogens with zero attached hydrogens (tertiary/aromatic N) is 2. The standard InChI is InChI=1S/C10H19N3O4/c11-9(15)8-12-2-1-3-13(5-4-12)10(16)17-7-6-14/h14H,1-8H2,(H2,11,15). The van der Waals surface area contributed by atoms with Gasteiger partial charge in [-0.2, -0.15) is 0 Å². The minimum atomic E-state index is -0.417. The van der Waals surface area contributed by atoms with Crippen molar-refractivity contribution >= 4 is 12.0 Å². The van der Waals surface area contributed by atoms with Crippen molar-refractivity contribution in [1.29, 1.82) is 0 Å². The van der Waals surface area contributed by atoms with Gasteiger partial charge in [-0.3, -0.25) is 9.69 Å². The number of rotatable bonds is 4. The Hall–Kier alpha value is -1.34. The highest BCUT2D eigenvalue weighted by atomic mass is 16.6. The SMILES string of the molecule is NC(=O)CN1CCCN(C(=O)OCCO)CC1. The molecule has 1 rings (SSSR count). The van der Waals surface area contributed by atoms with E-state index in [4.69, 9.17) is 15.6 Å². The highest BCUT2D eigenvalue weighted by molar-refractivity contribution is 5.75. The van der Waals surface area contributed by atoms with Gasteiger partial charge < -0.3 is 20.5 Å². The number of hydrogen-bond acceptors (Lipinski definition) is 5. The molecule has 7 heteroatoms. The molecule has 1 aliphatic rings. The Morgan fingerprint density at radius 1 is 1.24 bits per heavy atom. The van der Waals surface area contributed by atoms with E-state index in [2.05, 4.69) is 0 Å². The lowest BCUT2D eigenvalue weighted by Gasteiger charge is -2.20. The van der Waals surface area contributed by atoms with E-state index < -0.39 is 6.09 Å². The topological polar surface area (TPSA) is 96.1 Å². The van der Waals surface area contributed by atoms with Gasteiger partial charge in [0.2, 0.25) is 5.91 Å². The lowest BCUT2D eigenvalue weighted by Crippen LogP contribution is -2.38. The lowest BCUT2D eigenvalue weighted by molar-refractivity contribution is -0.119. The molecule has 0 spiro atoms. The minimum absolute atomic E-state index is 0.0142. The maximum absolute atomic E-state index is 11.5. The van der Waals surface area contributed by atoms with Crippen LogP contribution in [0.2, 0.25) is 0 Å². The fraction of sp³-hybridized carbons (Fsp3) is 0.800. The number of primary amides is 1. The summed E-state index contributed by atoms with van der Waals surface area (Å²) in [5, 5.41) is 8.55. The van der Waals surface area contributed by atoms with Crippen molar-refractivity contribution in [2.75, 3.05) is 45.9 Å². The predicted octanol–water partition coefficient (Wildman–Crippen LogP) is -1.39. The molecular formula is C10H19N3O4. The molecule has 0 aromatic heterocycles. The molecule has 0 aromatic carbocycles. The second kappa shape index (κ2) is 7.08. The molecule has 1 fully saturated rings. The largest absolute Gasteiger partial charge is 0.447 e. The Labute approximate surface area is 100 Å². The maximum atomic E-state index is 11.5. The van der Waals surface area contributed by atoms with E-state index >= 15 is 0 Å². The third kappa shape index (κ3) is 5.01. The summed E-state index contributed by atoms with van der Waals surface area (Å²) in [4.78, 5) is 25.8. The van der Waals surface area contributed by atoms with Crippen molar-refractivity contribution in [2.24, 2.45) is 5.73 Å². The zero-order valence-electron chi connectivity index (χ0n) is 9.80. The molecule has 0 aliphatic carbocycles. The van der Waals surface area contributed by atoms with Crippen molar-refractivity contribution in [3.63, 3.8) is 0 Å². The summed E-state index contributed by atoms with van der Waals surface area (Å²) in [5.41, 5.74) is 5.12. The Balaban J connectivity index is 2.36.